The molecular formula is C9H17NO2. The molecule has 2 fully saturated rings. The Morgan fingerprint density at radius 2 is 2.33 bits per heavy atom. The lowest BCUT2D eigenvalue weighted by atomic mass is 9.78. The van der Waals surface area contributed by atoms with Crippen molar-refractivity contribution in [3.63, 3.8) is 0 Å². The van der Waals surface area contributed by atoms with E-state index in [1.807, 2.05) is 0 Å². The summed E-state index contributed by atoms with van der Waals surface area (Å²) >= 11 is 0. The van der Waals surface area contributed by atoms with Crippen LogP contribution >= 0.6 is 0 Å². The monoisotopic (exact) mass is 171 g/mol. The number of hydrogen-bond donors (Lipinski definition) is 2. The Morgan fingerprint density at radius 1 is 1.67 bits per heavy atom. The standard InChI is InChI=1S/C9H17NO2/c1-8-4-3-6(9(2,10)11)5-7(8)12-8/h6-7,11H,3-5,10H2,1-2H3/t6-,7?,8-,9?/m1/s1. The topological polar surface area (TPSA) is 58.8 Å². The van der Waals surface area contributed by atoms with E-state index in [1.54, 1.807) is 6.92 Å². The maximum atomic E-state index is 9.58. The molecule has 0 aromatic heterocycles. The quantitative estimate of drug-likeness (QED) is 0.449. The predicted molar refractivity (Wildman–Crippen MR) is 45.4 cm³/mol. The summed E-state index contributed by atoms with van der Waals surface area (Å²) in [4.78, 5) is 0. The van der Waals surface area contributed by atoms with Gasteiger partial charge in [-0.05, 0) is 33.1 Å². The van der Waals surface area contributed by atoms with Gasteiger partial charge in [0.15, 0.2) is 0 Å². The van der Waals surface area contributed by atoms with Gasteiger partial charge in [-0.2, -0.15) is 0 Å². The molecule has 3 N–H and O–H groups in total. The molecule has 0 bridgehead atoms. The first kappa shape index (κ1) is 8.48. The molecule has 3 heteroatoms. The molecule has 0 radical (unpaired) electrons. The summed E-state index contributed by atoms with van der Waals surface area (Å²) in [5.41, 5.74) is 4.74. The molecule has 1 aliphatic heterocycles. The Labute approximate surface area is 72.9 Å². The Morgan fingerprint density at radius 3 is 2.83 bits per heavy atom. The van der Waals surface area contributed by atoms with E-state index in [1.165, 1.54) is 0 Å². The van der Waals surface area contributed by atoms with Crippen molar-refractivity contribution < 1.29 is 9.84 Å². The van der Waals surface area contributed by atoms with Gasteiger partial charge in [0.1, 0.15) is 5.72 Å². The molecule has 0 spiro atoms. The summed E-state index contributed by atoms with van der Waals surface area (Å²) in [6.45, 7) is 3.82. The lowest BCUT2D eigenvalue weighted by Crippen LogP contribution is -2.46. The molecule has 2 aliphatic rings. The molecule has 4 atom stereocenters. The van der Waals surface area contributed by atoms with Crippen LogP contribution < -0.4 is 5.73 Å². The molecule has 12 heavy (non-hydrogen) atoms. The third-order valence-corrected chi connectivity index (χ3v) is 3.35. The fourth-order valence-corrected chi connectivity index (χ4v) is 2.18. The van der Waals surface area contributed by atoms with Crippen molar-refractivity contribution >= 4 is 0 Å². The van der Waals surface area contributed by atoms with E-state index in [4.69, 9.17) is 10.5 Å². The highest BCUT2D eigenvalue weighted by molar-refractivity contribution is 5.05. The second kappa shape index (κ2) is 2.22. The van der Waals surface area contributed by atoms with Gasteiger partial charge >= 0.3 is 0 Å². The van der Waals surface area contributed by atoms with Gasteiger partial charge in [-0.25, -0.2) is 0 Å². The maximum Gasteiger partial charge on any atom is 0.113 e. The van der Waals surface area contributed by atoms with Gasteiger partial charge in [0.25, 0.3) is 0 Å². The van der Waals surface area contributed by atoms with Crippen LogP contribution in [-0.4, -0.2) is 22.5 Å². The summed E-state index contributed by atoms with van der Waals surface area (Å²) in [6, 6.07) is 0. The van der Waals surface area contributed by atoms with Gasteiger partial charge in [-0.1, -0.05) is 0 Å². The zero-order valence-corrected chi connectivity index (χ0v) is 7.71. The van der Waals surface area contributed by atoms with Gasteiger partial charge in [0.05, 0.1) is 11.7 Å². The van der Waals surface area contributed by atoms with Crippen LogP contribution in [0.5, 0.6) is 0 Å². The molecule has 0 amide bonds. The van der Waals surface area contributed by atoms with E-state index >= 15 is 0 Å². The van der Waals surface area contributed by atoms with Crippen LogP contribution in [0.3, 0.4) is 0 Å². The van der Waals surface area contributed by atoms with Crippen molar-refractivity contribution in [3.05, 3.63) is 0 Å². The van der Waals surface area contributed by atoms with Crippen molar-refractivity contribution in [3.8, 4) is 0 Å². The van der Waals surface area contributed by atoms with Crippen molar-refractivity contribution in [2.24, 2.45) is 11.7 Å². The van der Waals surface area contributed by atoms with Crippen molar-refractivity contribution in [1.29, 1.82) is 0 Å². The van der Waals surface area contributed by atoms with Crippen molar-refractivity contribution in [2.45, 2.75) is 50.5 Å². The Kier molecular flexibility index (Phi) is 1.57. The third-order valence-electron chi connectivity index (χ3n) is 3.35. The maximum absolute atomic E-state index is 9.58. The van der Waals surface area contributed by atoms with E-state index in [0.717, 1.165) is 19.3 Å². The van der Waals surface area contributed by atoms with E-state index in [0.29, 0.717) is 6.10 Å². The average molecular weight is 171 g/mol. The summed E-state index contributed by atoms with van der Waals surface area (Å²) in [7, 11) is 0. The van der Waals surface area contributed by atoms with Crippen LogP contribution in [0.25, 0.3) is 0 Å². The molecule has 0 aromatic rings. The summed E-state index contributed by atoms with van der Waals surface area (Å²) in [6.07, 6.45) is 3.29. The van der Waals surface area contributed by atoms with Gasteiger partial charge in [0, 0.05) is 5.92 Å². The number of aliphatic hydroxyl groups is 1. The first-order valence-electron chi connectivity index (χ1n) is 4.61. The van der Waals surface area contributed by atoms with Crippen molar-refractivity contribution in [2.75, 3.05) is 0 Å². The minimum Gasteiger partial charge on any atom is -0.376 e. The number of fused-ring (bicyclic) bond motifs is 1. The van der Waals surface area contributed by atoms with Crippen LogP contribution in [0.4, 0.5) is 0 Å². The third kappa shape index (κ3) is 1.26. The van der Waals surface area contributed by atoms with Crippen LogP contribution in [-0.2, 0) is 4.74 Å². The first-order valence-corrected chi connectivity index (χ1v) is 4.61. The second-order valence-electron chi connectivity index (χ2n) is 4.62. The predicted octanol–water partition coefficient (Wildman–Crippen LogP) is 0.611. The molecular weight excluding hydrogens is 154 g/mol. The SMILES string of the molecule is CC(N)(O)[C@@H]1CC[C@@]2(C)OC2C1. The van der Waals surface area contributed by atoms with E-state index in [-0.39, 0.29) is 11.5 Å². The molecule has 1 saturated carbocycles. The Hall–Kier alpha value is -0.120. The number of nitrogens with two attached hydrogens (primary N) is 1. The highest BCUT2D eigenvalue weighted by Gasteiger charge is 2.56. The molecule has 2 unspecified atom stereocenters. The zero-order chi connectivity index (χ0) is 8.98. The highest BCUT2D eigenvalue weighted by atomic mass is 16.6. The molecule has 3 nitrogen and oxygen atoms in total. The van der Waals surface area contributed by atoms with Gasteiger partial charge in [-0.15, -0.1) is 0 Å². The van der Waals surface area contributed by atoms with Crippen molar-refractivity contribution in [1.82, 2.24) is 0 Å². The molecule has 0 aromatic carbocycles. The minimum atomic E-state index is -1.02. The second-order valence-corrected chi connectivity index (χ2v) is 4.62. The van der Waals surface area contributed by atoms with E-state index < -0.39 is 5.72 Å². The Balaban J connectivity index is 1.98. The normalized spacial score (nSPS) is 51.0. The molecule has 1 aliphatic carbocycles. The summed E-state index contributed by atoms with van der Waals surface area (Å²) in [5, 5.41) is 9.58. The number of ether oxygens (including phenoxy) is 1. The van der Waals surface area contributed by atoms with Gasteiger partial charge < -0.3 is 15.6 Å². The largest absolute Gasteiger partial charge is 0.376 e. The number of hydrogen-bond acceptors (Lipinski definition) is 3. The minimum absolute atomic E-state index is 0.127. The molecule has 1 saturated heterocycles. The smallest absolute Gasteiger partial charge is 0.113 e. The number of rotatable bonds is 1. The fourth-order valence-electron chi connectivity index (χ4n) is 2.18. The first-order chi connectivity index (χ1) is 5.42. The molecule has 2 rings (SSSR count). The Bertz CT molecular complexity index is 199. The fraction of sp³-hybridized carbons (Fsp3) is 1.00. The summed E-state index contributed by atoms with van der Waals surface area (Å²) in [5.74, 6) is 0.207. The van der Waals surface area contributed by atoms with Gasteiger partial charge in [-0.3, -0.25) is 0 Å². The lowest BCUT2D eigenvalue weighted by molar-refractivity contribution is -0.00961. The van der Waals surface area contributed by atoms with Crippen LogP contribution in [0.2, 0.25) is 0 Å². The highest BCUT2D eigenvalue weighted by Crippen LogP contribution is 2.50. The van der Waals surface area contributed by atoms with E-state index in [9.17, 15) is 5.11 Å². The van der Waals surface area contributed by atoms with E-state index in [2.05, 4.69) is 6.92 Å². The summed E-state index contributed by atoms with van der Waals surface area (Å²) < 4.78 is 5.52. The average Bonchev–Trinajstić information content (AvgIpc) is 2.56. The zero-order valence-electron chi connectivity index (χ0n) is 7.71. The molecule has 1 heterocycles. The van der Waals surface area contributed by atoms with Crippen LogP contribution in [0.1, 0.15) is 33.1 Å². The van der Waals surface area contributed by atoms with Gasteiger partial charge in [0.2, 0.25) is 0 Å². The number of epoxide rings is 1. The molecule has 70 valence electrons. The lowest BCUT2D eigenvalue weighted by Gasteiger charge is -2.32. The van der Waals surface area contributed by atoms with Crippen LogP contribution in [0, 0.1) is 5.92 Å². The van der Waals surface area contributed by atoms with Crippen LogP contribution in [0.15, 0.2) is 0 Å².